The van der Waals surface area contributed by atoms with Gasteiger partial charge in [0.1, 0.15) is 11.6 Å². The smallest absolute Gasteiger partial charge is 0.151 e. The highest BCUT2D eigenvalue weighted by molar-refractivity contribution is 7.98. The maximum Gasteiger partial charge on any atom is 0.151 e. The van der Waals surface area contributed by atoms with E-state index in [-0.39, 0.29) is 11.9 Å². The lowest BCUT2D eigenvalue weighted by Crippen LogP contribution is -2.25. The van der Waals surface area contributed by atoms with Gasteiger partial charge in [0, 0.05) is 18.7 Å². The highest BCUT2D eigenvalue weighted by Gasteiger charge is 2.23. The van der Waals surface area contributed by atoms with Gasteiger partial charge in [0.25, 0.3) is 0 Å². The SMILES string of the molecule is CCn1nc(CCSC)nc1[C@@H](c1cccc(F)c1)N(C)C. The first-order valence-electron chi connectivity index (χ1n) is 7.41. The molecule has 0 radical (unpaired) electrons. The molecule has 0 aliphatic rings. The van der Waals surface area contributed by atoms with Gasteiger partial charge >= 0.3 is 0 Å². The normalized spacial score (nSPS) is 12.8. The third-order valence-electron chi connectivity index (χ3n) is 3.50. The molecule has 2 rings (SSSR count). The van der Waals surface area contributed by atoms with Crippen LogP contribution in [0.5, 0.6) is 0 Å². The van der Waals surface area contributed by atoms with Crippen molar-refractivity contribution in [2.24, 2.45) is 0 Å². The van der Waals surface area contributed by atoms with Crippen LogP contribution in [-0.4, -0.2) is 45.8 Å². The van der Waals surface area contributed by atoms with E-state index < -0.39 is 0 Å². The molecule has 22 heavy (non-hydrogen) atoms. The number of hydrogen-bond acceptors (Lipinski definition) is 4. The summed E-state index contributed by atoms with van der Waals surface area (Å²) in [4.78, 5) is 6.77. The minimum absolute atomic E-state index is 0.105. The Balaban J connectivity index is 2.42. The molecule has 0 saturated heterocycles. The van der Waals surface area contributed by atoms with E-state index in [9.17, 15) is 4.39 Å². The average Bonchev–Trinajstić information content (AvgIpc) is 2.88. The predicted molar refractivity (Wildman–Crippen MR) is 89.7 cm³/mol. The first-order valence-corrected chi connectivity index (χ1v) is 8.80. The Bertz CT molecular complexity index is 612. The van der Waals surface area contributed by atoms with Crippen molar-refractivity contribution in [1.82, 2.24) is 19.7 Å². The number of benzene rings is 1. The summed E-state index contributed by atoms with van der Waals surface area (Å²) in [6, 6.07) is 6.60. The maximum absolute atomic E-state index is 13.6. The van der Waals surface area contributed by atoms with Crippen LogP contribution in [-0.2, 0) is 13.0 Å². The Morgan fingerprint density at radius 1 is 1.36 bits per heavy atom. The zero-order chi connectivity index (χ0) is 16.1. The van der Waals surface area contributed by atoms with Crippen LogP contribution in [0.4, 0.5) is 4.39 Å². The Hall–Kier alpha value is -1.40. The topological polar surface area (TPSA) is 34.0 Å². The molecule has 0 saturated carbocycles. The molecule has 1 aromatic heterocycles. The molecule has 6 heteroatoms. The standard InChI is InChI=1S/C16H23FN4S/c1-5-21-16(18-14(19-21)9-10-22-4)15(20(2)3)12-7-6-8-13(17)11-12/h6-8,11,15H,5,9-10H2,1-4H3/t15-/m1/s1. The van der Waals surface area contributed by atoms with Gasteiger partial charge in [-0.3, -0.25) is 4.90 Å². The summed E-state index contributed by atoms with van der Waals surface area (Å²) in [7, 11) is 3.96. The summed E-state index contributed by atoms with van der Waals surface area (Å²) < 4.78 is 15.5. The summed E-state index contributed by atoms with van der Waals surface area (Å²) >= 11 is 1.78. The summed E-state index contributed by atoms with van der Waals surface area (Å²) in [5, 5.41) is 4.59. The van der Waals surface area contributed by atoms with E-state index in [4.69, 9.17) is 4.98 Å². The van der Waals surface area contributed by atoms with Gasteiger partial charge in [0.15, 0.2) is 5.82 Å². The molecular weight excluding hydrogens is 299 g/mol. The minimum Gasteiger partial charge on any atom is -0.296 e. The third-order valence-corrected chi connectivity index (χ3v) is 4.11. The van der Waals surface area contributed by atoms with Crippen molar-refractivity contribution in [3.63, 3.8) is 0 Å². The fourth-order valence-corrected chi connectivity index (χ4v) is 2.88. The molecule has 0 unspecified atom stereocenters. The molecule has 0 N–H and O–H groups in total. The van der Waals surface area contributed by atoms with E-state index >= 15 is 0 Å². The van der Waals surface area contributed by atoms with Crippen LogP contribution in [0, 0.1) is 5.82 Å². The number of thioether (sulfide) groups is 1. The quantitative estimate of drug-likeness (QED) is 0.785. The van der Waals surface area contributed by atoms with E-state index in [1.807, 2.05) is 29.7 Å². The Morgan fingerprint density at radius 3 is 2.73 bits per heavy atom. The summed E-state index contributed by atoms with van der Waals surface area (Å²) in [6.45, 7) is 2.80. The first kappa shape index (κ1) is 17.0. The molecule has 0 spiro atoms. The number of halogens is 1. The van der Waals surface area contributed by atoms with E-state index in [2.05, 4.69) is 18.3 Å². The molecule has 4 nitrogen and oxygen atoms in total. The van der Waals surface area contributed by atoms with Crippen molar-refractivity contribution in [3.05, 3.63) is 47.3 Å². The van der Waals surface area contributed by atoms with Crippen molar-refractivity contribution < 1.29 is 4.39 Å². The second-order valence-corrected chi connectivity index (χ2v) is 6.35. The molecule has 0 bridgehead atoms. The number of hydrogen-bond donors (Lipinski definition) is 0. The fourth-order valence-electron chi connectivity index (χ4n) is 2.49. The Kier molecular flexibility index (Phi) is 5.97. The lowest BCUT2D eigenvalue weighted by molar-refractivity contribution is 0.318. The number of aromatic nitrogens is 3. The van der Waals surface area contributed by atoms with Crippen LogP contribution in [0.15, 0.2) is 24.3 Å². The first-order chi connectivity index (χ1) is 10.6. The van der Waals surface area contributed by atoms with Crippen LogP contribution in [0.25, 0.3) is 0 Å². The van der Waals surface area contributed by atoms with Crippen LogP contribution in [0.2, 0.25) is 0 Å². The van der Waals surface area contributed by atoms with Crippen LogP contribution in [0.1, 0.15) is 30.2 Å². The average molecular weight is 322 g/mol. The summed E-state index contributed by atoms with van der Waals surface area (Å²) in [5.41, 5.74) is 0.892. The van der Waals surface area contributed by atoms with E-state index in [1.54, 1.807) is 23.9 Å². The van der Waals surface area contributed by atoms with Gasteiger partial charge in [0.2, 0.25) is 0 Å². The highest BCUT2D eigenvalue weighted by atomic mass is 32.2. The van der Waals surface area contributed by atoms with Gasteiger partial charge in [-0.1, -0.05) is 12.1 Å². The molecule has 2 aromatic rings. The van der Waals surface area contributed by atoms with Crippen LogP contribution in [0.3, 0.4) is 0 Å². The molecule has 1 heterocycles. The van der Waals surface area contributed by atoms with Crippen LogP contribution >= 0.6 is 11.8 Å². The van der Waals surface area contributed by atoms with E-state index in [1.165, 1.54) is 6.07 Å². The number of rotatable bonds is 7. The molecule has 0 aliphatic carbocycles. The van der Waals surface area contributed by atoms with Gasteiger partial charge in [-0.15, -0.1) is 0 Å². The maximum atomic E-state index is 13.6. The molecule has 0 fully saturated rings. The second kappa shape index (κ2) is 7.74. The van der Waals surface area contributed by atoms with Gasteiger partial charge in [-0.2, -0.15) is 16.9 Å². The summed E-state index contributed by atoms with van der Waals surface area (Å²) in [6.07, 6.45) is 2.93. The van der Waals surface area contributed by atoms with Crippen molar-refractivity contribution in [2.45, 2.75) is 25.9 Å². The third kappa shape index (κ3) is 3.87. The van der Waals surface area contributed by atoms with Crippen molar-refractivity contribution in [1.29, 1.82) is 0 Å². The zero-order valence-electron chi connectivity index (χ0n) is 13.6. The molecule has 1 aromatic carbocycles. The van der Waals surface area contributed by atoms with Crippen molar-refractivity contribution in [2.75, 3.05) is 26.1 Å². The van der Waals surface area contributed by atoms with Gasteiger partial charge in [-0.05, 0) is 45.0 Å². The predicted octanol–water partition coefficient (Wildman–Crippen LogP) is 2.99. The Labute approximate surface area is 135 Å². The van der Waals surface area contributed by atoms with Crippen molar-refractivity contribution in [3.8, 4) is 0 Å². The molecule has 0 aliphatic heterocycles. The Morgan fingerprint density at radius 2 is 2.14 bits per heavy atom. The summed E-state index contributed by atoms with van der Waals surface area (Å²) in [5.74, 6) is 2.50. The highest BCUT2D eigenvalue weighted by Crippen LogP contribution is 2.26. The minimum atomic E-state index is -0.227. The van der Waals surface area contributed by atoms with Crippen LogP contribution < -0.4 is 0 Å². The zero-order valence-corrected chi connectivity index (χ0v) is 14.4. The van der Waals surface area contributed by atoms with Crippen molar-refractivity contribution >= 4 is 11.8 Å². The van der Waals surface area contributed by atoms with Gasteiger partial charge in [0.05, 0.1) is 6.04 Å². The molecular formula is C16H23FN4S. The van der Waals surface area contributed by atoms with E-state index in [0.717, 1.165) is 35.9 Å². The lowest BCUT2D eigenvalue weighted by atomic mass is 10.1. The van der Waals surface area contributed by atoms with E-state index in [0.29, 0.717) is 0 Å². The van der Waals surface area contributed by atoms with Gasteiger partial charge < -0.3 is 0 Å². The molecule has 0 amide bonds. The lowest BCUT2D eigenvalue weighted by Gasteiger charge is -2.24. The van der Waals surface area contributed by atoms with Gasteiger partial charge in [-0.25, -0.2) is 14.1 Å². The number of nitrogens with zero attached hydrogens (tertiary/aromatic N) is 4. The second-order valence-electron chi connectivity index (χ2n) is 5.37. The largest absolute Gasteiger partial charge is 0.296 e. The monoisotopic (exact) mass is 322 g/mol. The fraction of sp³-hybridized carbons (Fsp3) is 0.500. The number of aryl methyl sites for hydroxylation is 2. The molecule has 120 valence electrons. The molecule has 1 atom stereocenters.